The van der Waals surface area contributed by atoms with Crippen LogP contribution in [0.15, 0.2) is 91.0 Å². The average molecular weight is 540 g/mol. The van der Waals surface area contributed by atoms with Gasteiger partial charge in [0.2, 0.25) is 0 Å². The molecule has 0 saturated carbocycles. The first kappa shape index (κ1) is 28.8. The summed E-state index contributed by atoms with van der Waals surface area (Å²) < 4.78 is 0. The van der Waals surface area contributed by atoms with Crippen LogP contribution >= 0.6 is 9.24 Å². The lowest BCUT2D eigenvalue weighted by molar-refractivity contribution is -0.00000665. The second-order valence-corrected chi connectivity index (χ2v) is 10.2. The second kappa shape index (κ2) is 17.1. The average Bonchev–Trinajstić information content (AvgIpc) is 2.89. The van der Waals surface area contributed by atoms with E-state index in [1.807, 2.05) is 0 Å². The van der Waals surface area contributed by atoms with E-state index < -0.39 is 0 Å². The third-order valence-corrected chi connectivity index (χ3v) is 7.60. The van der Waals surface area contributed by atoms with Gasteiger partial charge >= 0.3 is 0 Å². The monoisotopic (exact) mass is 538 g/mol. The Morgan fingerprint density at radius 3 is 1.03 bits per heavy atom. The first-order valence-corrected chi connectivity index (χ1v) is 14.3. The lowest BCUT2D eigenvalue weighted by Gasteiger charge is -2.36. The van der Waals surface area contributed by atoms with Gasteiger partial charge in [-0.15, -0.1) is 0 Å². The van der Waals surface area contributed by atoms with Gasteiger partial charge in [-0.3, -0.25) is 0 Å². The fourth-order valence-corrected chi connectivity index (χ4v) is 5.61. The highest BCUT2D eigenvalue weighted by Gasteiger charge is 2.35. The highest BCUT2D eigenvalue weighted by Crippen LogP contribution is 2.43. The smallest absolute Gasteiger partial charge is 0.0526 e. The van der Waals surface area contributed by atoms with Crippen LogP contribution in [0.3, 0.4) is 0 Å². The fourth-order valence-electron chi connectivity index (χ4n) is 5.26. The van der Waals surface area contributed by atoms with E-state index >= 15 is 0 Å². The Kier molecular flexibility index (Phi) is 14.5. The molecule has 3 aromatic carbocycles. The molecule has 184 valence electrons. The maximum atomic E-state index is 2.32. The van der Waals surface area contributed by atoms with E-state index in [2.05, 4.69) is 100 Å². The molecule has 2 heteroatoms. The van der Waals surface area contributed by atoms with Crippen LogP contribution in [0, 0.1) is 0 Å². The van der Waals surface area contributed by atoms with Gasteiger partial charge in [-0.25, -0.2) is 0 Å². The van der Waals surface area contributed by atoms with E-state index in [1.165, 1.54) is 93.5 Å². The minimum absolute atomic E-state index is 0. The van der Waals surface area contributed by atoms with Crippen molar-refractivity contribution in [2.24, 2.45) is 0 Å². The van der Waals surface area contributed by atoms with Crippen molar-refractivity contribution in [3.05, 3.63) is 108 Å². The van der Waals surface area contributed by atoms with E-state index in [4.69, 9.17) is 0 Å². The van der Waals surface area contributed by atoms with Gasteiger partial charge in [-0.1, -0.05) is 149 Å². The molecular formula is C32H44BrP. The van der Waals surface area contributed by atoms with Crippen LogP contribution in [0.25, 0.3) is 0 Å². The number of rotatable bonds is 16. The van der Waals surface area contributed by atoms with E-state index in [1.54, 1.807) is 0 Å². The van der Waals surface area contributed by atoms with Crippen molar-refractivity contribution in [1.82, 2.24) is 0 Å². The molecule has 0 spiro atoms. The third-order valence-electron chi connectivity index (χ3n) is 7.10. The van der Waals surface area contributed by atoms with E-state index in [0.29, 0.717) is 0 Å². The molecule has 0 aliphatic carbocycles. The quantitative estimate of drug-likeness (QED) is 0.114. The molecule has 0 aliphatic rings. The van der Waals surface area contributed by atoms with Crippen molar-refractivity contribution < 1.29 is 17.0 Å². The summed E-state index contributed by atoms with van der Waals surface area (Å²) in [4.78, 5) is 0. The lowest BCUT2D eigenvalue weighted by atomic mass is 9.66. The molecule has 3 rings (SSSR count). The lowest BCUT2D eigenvalue weighted by Crippen LogP contribution is -3.00. The first-order chi connectivity index (χ1) is 16.4. The van der Waals surface area contributed by atoms with Gasteiger partial charge in [0.15, 0.2) is 0 Å². The van der Waals surface area contributed by atoms with Crippen LogP contribution in [-0.2, 0) is 5.41 Å². The third kappa shape index (κ3) is 8.66. The summed E-state index contributed by atoms with van der Waals surface area (Å²) in [6.07, 6.45) is 17.9. The summed E-state index contributed by atoms with van der Waals surface area (Å²) in [5.41, 5.74) is 4.14. The van der Waals surface area contributed by atoms with E-state index in [-0.39, 0.29) is 22.4 Å². The summed E-state index contributed by atoms with van der Waals surface area (Å²) in [5, 5.41) is 0. The Balaban J connectivity index is 0.00000408. The van der Waals surface area contributed by atoms with Crippen molar-refractivity contribution in [2.45, 2.75) is 82.5 Å². The van der Waals surface area contributed by atoms with E-state index in [0.717, 1.165) is 6.42 Å². The maximum absolute atomic E-state index is 2.32. The van der Waals surface area contributed by atoms with Crippen LogP contribution in [0.5, 0.6) is 0 Å². The zero-order valence-electron chi connectivity index (χ0n) is 20.9. The van der Waals surface area contributed by atoms with E-state index in [9.17, 15) is 0 Å². The van der Waals surface area contributed by atoms with Crippen molar-refractivity contribution in [2.75, 3.05) is 6.16 Å². The summed E-state index contributed by atoms with van der Waals surface area (Å²) in [7, 11) is 2.11. The summed E-state index contributed by atoms with van der Waals surface area (Å²) in [6, 6.07) is 33.5. The number of benzene rings is 3. The van der Waals surface area contributed by atoms with Crippen LogP contribution in [0.2, 0.25) is 0 Å². The van der Waals surface area contributed by atoms with Crippen molar-refractivity contribution in [1.29, 1.82) is 0 Å². The van der Waals surface area contributed by atoms with Gasteiger partial charge in [-0.2, -0.15) is 0 Å². The molecule has 0 aliphatic heterocycles. The largest absolute Gasteiger partial charge is 1.00 e. The normalized spacial score (nSPS) is 11.3. The fraction of sp³-hybridized carbons (Fsp3) is 0.438. The first-order valence-electron chi connectivity index (χ1n) is 13.3. The molecule has 0 bridgehead atoms. The Morgan fingerprint density at radius 2 is 0.706 bits per heavy atom. The van der Waals surface area contributed by atoms with Crippen molar-refractivity contribution >= 4 is 9.24 Å². The highest BCUT2D eigenvalue weighted by atomic mass is 79.9. The molecule has 0 aromatic heterocycles. The number of hydrogen-bond acceptors (Lipinski definition) is 0. The maximum Gasteiger partial charge on any atom is 0.0526 e. The molecule has 0 saturated heterocycles. The Hall–Kier alpha value is -1.43. The number of unbranched alkanes of at least 4 members (excludes halogenated alkanes) is 10. The number of halogens is 1. The summed E-state index contributed by atoms with van der Waals surface area (Å²) in [5.74, 6) is 0. The zero-order chi connectivity index (χ0) is 23.0. The molecule has 1 atom stereocenters. The molecule has 3 aromatic rings. The predicted octanol–water partition coefficient (Wildman–Crippen LogP) is 6.31. The van der Waals surface area contributed by atoms with Crippen molar-refractivity contribution in [3.63, 3.8) is 0 Å². The van der Waals surface area contributed by atoms with Gasteiger partial charge in [0.05, 0.1) is 6.16 Å². The van der Waals surface area contributed by atoms with Crippen LogP contribution in [0.4, 0.5) is 0 Å². The SMILES string of the molecule is [Br-].[PH3+]CCCCCCCCCCCCCC(c1ccccc1)(c1ccccc1)c1ccccc1. The van der Waals surface area contributed by atoms with Crippen LogP contribution in [0.1, 0.15) is 93.7 Å². The topological polar surface area (TPSA) is 0 Å². The molecule has 1 unspecified atom stereocenters. The van der Waals surface area contributed by atoms with Crippen molar-refractivity contribution in [3.8, 4) is 0 Å². The van der Waals surface area contributed by atoms with Gasteiger partial charge in [0.1, 0.15) is 0 Å². The Morgan fingerprint density at radius 1 is 0.412 bits per heavy atom. The molecule has 0 radical (unpaired) electrons. The molecular weight excluding hydrogens is 495 g/mol. The molecule has 0 nitrogen and oxygen atoms in total. The number of hydrogen-bond donors (Lipinski definition) is 0. The van der Waals surface area contributed by atoms with Crippen LogP contribution < -0.4 is 17.0 Å². The second-order valence-electron chi connectivity index (χ2n) is 9.50. The van der Waals surface area contributed by atoms with Gasteiger partial charge in [0.25, 0.3) is 0 Å². The Bertz CT molecular complexity index is 767. The molecule has 0 N–H and O–H groups in total. The molecule has 0 amide bonds. The predicted molar refractivity (Wildman–Crippen MR) is 151 cm³/mol. The minimum Gasteiger partial charge on any atom is -1.00 e. The van der Waals surface area contributed by atoms with Gasteiger partial charge < -0.3 is 17.0 Å². The zero-order valence-corrected chi connectivity index (χ0v) is 23.9. The summed E-state index contributed by atoms with van der Waals surface area (Å²) >= 11 is 0. The van der Waals surface area contributed by atoms with Crippen LogP contribution in [-0.4, -0.2) is 6.16 Å². The molecule has 34 heavy (non-hydrogen) atoms. The Labute approximate surface area is 221 Å². The van der Waals surface area contributed by atoms with Gasteiger partial charge in [0, 0.05) is 5.41 Å². The van der Waals surface area contributed by atoms with Gasteiger partial charge in [-0.05, 0) is 45.2 Å². The standard InChI is InChI=1S/C32H43P.BrH/c33-28-20-9-7-5-3-1-2-4-6-8-19-27-32(29-21-13-10-14-22-29,30-23-15-11-16-24-30)31-25-17-12-18-26-31;/h10-18,21-26H,1-9,19-20,27-28,33H2;1H. The molecule has 0 fully saturated rings. The summed E-state index contributed by atoms with van der Waals surface area (Å²) in [6.45, 7) is 0. The minimum atomic E-state index is -0.0806. The highest BCUT2D eigenvalue weighted by molar-refractivity contribution is 7.16. The molecule has 0 heterocycles.